The smallest absolute Gasteiger partial charge is 0.249 e. The number of amides is 1. The van der Waals surface area contributed by atoms with Gasteiger partial charge in [0.2, 0.25) is 23.4 Å². The molecule has 0 spiro atoms. The molecule has 2 rings (SSSR count). The molecule has 1 heterocycles. The summed E-state index contributed by atoms with van der Waals surface area (Å²) < 4.78 is 21.5. The quantitative estimate of drug-likeness (QED) is 0.715. The van der Waals surface area contributed by atoms with E-state index in [1.165, 1.54) is 0 Å². The monoisotopic (exact) mass is 377 g/mol. The molecule has 2 atom stereocenters. The summed E-state index contributed by atoms with van der Waals surface area (Å²) in [5, 5.41) is 7.03. The molecule has 27 heavy (non-hydrogen) atoms. The van der Waals surface area contributed by atoms with Gasteiger partial charge in [-0.25, -0.2) is 0 Å². The van der Waals surface area contributed by atoms with E-state index in [2.05, 4.69) is 15.5 Å². The van der Waals surface area contributed by atoms with Crippen molar-refractivity contribution in [3.63, 3.8) is 0 Å². The molecule has 0 bridgehead atoms. The summed E-state index contributed by atoms with van der Waals surface area (Å²) in [6.45, 7) is 5.88. The van der Waals surface area contributed by atoms with E-state index < -0.39 is 0 Å². The molecule has 1 N–H and O–H groups in total. The Morgan fingerprint density at radius 3 is 2.26 bits per heavy atom. The molecule has 1 aromatic carbocycles. The molecule has 1 amide bonds. The number of rotatable bonds is 9. The normalized spacial score (nSPS) is 13.0. The number of ether oxygens (including phenoxy) is 3. The van der Waals surface area contributed by atoms with Gasteiger partial charge < -0.3 is 24.1 Å². The van der Waals surface area contributed by atoms with E-state index in [-0.39, 0.29) is 17.9 Å². The second-order valence-electron chi connectivity index (χ2n) is 6.15. The van der Waals surface area contributed by atoms with Crippen molar-refractivity contribution < 1.29 is 23.5 Å². The second kappa shape index (κ2) is 9.25. The number of carbonyl (C=O) groups excluding carboxylic acids is 1. The Morgan fingerprint density at radius 1 is 1.15 bits per heavy atom. The van der Waals surface area contributed by atoms with E-state index in [1.54, 1.807) is 40.4 Å². The summed E-state index contributed by atoms with van der Waals surface area (Å²) in [6.07, 6.45) is 1.25. The van der Waals surface area contributed by atoms with Gasteiger partial charge in [0.1, 0.15) is 6.04 Å². The van der Waals surface area contributed by atoms with Gasteiger partial charge in [0.15, 0.2) is 11.5 Å². The molecule has 0 aliphatic heterocycles. The number of methoxy groups -OCH3 is 3. The highest BCUT2D eigenvalue weighted by Gasteiger charge is 2.26. The minimum Gasteiger partial charge on any atom is -0.493 e. The van der Waals surface area contributed by atoms with Crippen LogP contribution in [0.4, 0.5) is 0 Å². The summed E-state index contributed by atoms with van der Waals surface area (Å²) in [4.78, 5) is 16.4. The van der Waals surface area contributed by atoms with E-state index in [4.69, 9.17) is 18.7 Å². The van der Waals surface area contributed by atoms with Gasteiger partial charge in [0, 0.05) is 12.0 Å². The zero-order chi connectivity index (χ0) is 20.0. The Balaban J connectivity index is 2.42. The van der Waals surface area contributed by atoms with Crippen molar-refractivity contribution in [2.24, 2.45) is 5.92 Å². The van der Waals surface area contributed by atoms with Crippen LogP contribution in [0.5, 0.6) is 17.2 Å². The van der Waals surface area contributed by atoms with Crippen LogP contribution in [0.2, 0.25) is 0 Å². The van der Waals surface area contributed by atoms with E-state index in [9.17, 15) is 4.79 Å². The van der Waals surface area contributed by atoms with Crippen LogP contribution in [-0.2, 0) is 4.79 Å². The Hall–Kier alpha value is -2.77. The van der Waals surface area contributed by atoms with Crippen LogP contribution in [0.3, 0.4) is 0 Å². The molecule has 0 aliphatic rings. The van der Waals surface area contributed by atoms with Crippen molar-refractivity contribution in [1.29, 1.82) is 0 Å². The van der Waals surface area contributed by atoms with Gasteiger partial charge in [-0.2, -0.15) is 4.98 Å². The van der Waals surface area contributed by atoms with E-state index in [0.29, 0.717) is 40.9 Å². The molecule has 1 aromatic heterocycles. The topological polar surface area (TPSA) is 95.7 Å². The highest BCUT2D eigenvalue weighted by Crippen LogP contribution is 2.40. The van der Waals surface area contributed by atoms with Gasteiger partial charge in [0.05, 0.1) is 21.3 Å². The zero-order valence-electron chi connectivity index (χ0n) is 16.7. The van der Waals surface area contributed by atoms with Crippen LogP contribution in [-0.4, -0.2) is 37.4 Å². The first-order valence-electron chi connectivity index (χ1n) is 8.92. The fraction of sp³-hybridized carbons (Fsp3) is 0.526. The first-order valence-corrected chi connectivity index (χ1v) is 8.92. The third kappa shape index (κ3) is 4.50. The largest absolute Gasteiger partial charge is 0.493 e. The summed E-state index contributed by atoms with van der Waals surface area (Å²) in [5.74, 6) is 2.31. The van der Waals surface area contributed by atoms with Crippen LogP contribution >= 0.6 is 0 Å². The van der Waals surface area contributed by atoms with Gasteiger partial charge in [0.25, 0.3) is 0 Å². The highest BCUT2D eigenvalue weighted by atomic mass is 16.5. The number of nitrogens with one attached hydrogen (secondary N) is 1. The van der Waals surface area contributed by atoms with Crippen LogP contribution < -0.4 is 19.5 Å². The van der Waals surface area contributed by atoms with Crippen molar-refractivity contribution in [2.45, 2.75) is 39.7 Å². The second-order valence-corrected chi connectivity index (χ2v) is 6.15. The van der Waals surface area contributed by atoms with Crippen molar-refractivity contribution in [2.75, 3.05) is 21.3 Å². The van der Waals surface area contributed by atoms with Crippen LogP contribution in [0.25, 0.3) is 11.4 Å². The zero-order valence-corrected chi connectivity index (χ0v) is 16.7. The van der Waals surface area contributed by atoms with Crippen LogP contribution in [0, 0.1) is 5.92 Å². The molecule has 8 nitrogen and oxygen atoms in total. The van der Waals surface area contributed by atoms with E-state index in [0.717, 1.165) is 6.42 Å². The summed E-state index contributed by atoms with van der Waals surface area (Å²) >= 11 is 0. The molecule has 148 valence electrons. The summed E-state index contributed by atoms with van der Waals surface area (Å²) in [6, 6.07) is 3.16. The lowest BCUT2D eigenvalue weighted by molar-refractivity contribution is -0.122. The van der Waals surface area contributed by atoms with Crippen molar-refractivity contribution in [3.8, 4) is 28.6 Å². The van der Waals surface area contributed by atoms with Crippen LogP contribution in [0.15, 0.2) is 16.7 Å². The fourth-order valence-corrected chi connectivity index (χ4v) is 2.65. The molecule has 8 heteroatoms. The van der Waals surface area contributed by atoms with Crippen molar-refractivity contribution in [3.05, 3.63) is 18.0 Å². The first-order chi connectivity index (χ1) is 13.0. The maximum absolute atomic E-state index is 11.9. The first kappa shape index (κ1) is 20.5. The molecule has 0 saturated carbocycles. The Morgan fingerprint density at radius 2 is 1.78 bits per heavy atom. The average molecular weight is 377 g/mol. The molecule has 0 aliphatic carbocycles. The van der Waals surface area contributed by atoms with Gasteiger partial charge in [-0.1, -0.05) is 32.3 Å². The summed E-state index contributed by atoms with van der Waals surface area (Å²) in [7, 11) is 4.63. The maximum Gasteiger partial charge on any atom is 0.249 e. The van der Waals surface area contributed by atoms with Gasteiger partial charge in [-0.3, -0.25) is 4.79 Å². The summed E-state index contributed by atoms with van der Waals surface area (Å²) in [5.41, 5.74) is 0.657. The van der Waals surface area contributed by atoms with Crippen molar-refractivity contribution in [1.82, 2.24) is 15.5 Å². The Labute approximate surface area is 159 Å². The predicted molar refractivity (Wildman–Crippen MR) is 100 cm³/mol. The van der Waals surface area contributed by atoms with E-state index >= 15 is 0 Å². The van der Waals surface area contributed by atoms with Gasteiger partial charge in [-0.15, -0.1) is 0 Å². The number of nitrogens with zero attached hydrogens (tertiary/aromatic N) is 2. The molecular weight excluding hydrogens is 350 g/mol. The number of benzene rings is 1. The standard InChI is InChI=1S/C19H27N3O5/c1-7-11(3)16(20-15(23)8-2)19-21-18(22-27-19)12-9-13(24-4)17(26-6)14(10-12)25-5/h9-11,16H,7-8H2,1-6H3,(H,20,23). The molecule has 2 unspecified atom stereocenters. The SMILES string of the molecule is CCC(=O)NC(c1nc(-c2cc(OC)c(OC)c(OC)c2)no1)C(C)CC. The molecule has 0 fully saturated rings. The van der Waals surface area contributed by atoms with Crippen molar-refractivity contribution >= 4 is 5.91 Å². The minimum absolute atomic E-state index is 0.0622. The Kier molecular flexibility index (Phi) is 7.04. The van der Waals surface area contributed by atoms with Gasteiger partial charge in [-0.05, 0) is 18.1 Å². The lowest BCUT2D eigenvalue weighted by Crippen LogP contribution is -2.32. The number of hydrogen-bond donors (Lipinski definition) is 1. The fourth-order valence-electron chi connectivity index (χ4n) is 2.65. The third-order valence-corrected chi connectivity index (χ3v) is 4.48. The lowest BCUT2D eigenvalue weighted by Gasteiger charge is -2.20. The Bertz CT molecular complexity index is 749. The lowest BCUT2D eigenvalue weighted by atomic mass is 9.99. The highest BCUT2D eigenvalue weighted by molar-refractivity contribution is 5.76. The van der Waals surface area contributed by atoms with Crippen LogP contribution in [0.1, 0.15) is 45.5 Å². The molecule has 0 radical (unpaired) electrons. The molecular formula is C19H27N3O5. The number of carbonyl (C=O) groups is 1. The predicted octanol–water partition coefficient (Wildman–Crippen LogP) is 3.38. The van der Waals surface area contributed by atoms with E-state index in [1.807, 2.05) is 13.8 Å². The number of hydrogen-bond acceptors (Lipinski definition) is 7. The maximum atomic E-state index is 11.9. The third-order valence-electron chi connectivity index (χ3n) is 4.48. The number of aromatic nitrogens is 2. The molecule has 2 aromatic rings. The average Bonchev–Trinajstić information content (AvgIpc) is 3.19. The minimum atomic E-state index is -0.342. The van der Waals surface area contributed by atoms with Gasteiger partial charge >= 0.3 is 0 Å². The molecule has 0 saturated heterocycles.